The van der Waals surface area contributed by atoms with Gasteiger partial charge in [0.05, 0.1) is 0 Å². The summed E-state index contributed by atoms with van der Waals surface area (Å²) in [4.78, 5) is 0. The molecule has 1 fully saturated rings. The normalized spacial score (nSPS) is 26.0. The zero-order valence-corrected chi connectivity index (χ0v) is 7.06. The van der Waals surface area contributed by atoms with Gasteiger partial charge in [0.2, 0.25) is 0 Å². The molecule has 0 radical (unpaired) electrons. The number of hydrogen-bond acceptors (Lipinski definition) is 2. The van der Waals surface area contributed by atoms with Gasteiger partial charge >= 0.3 is 0 Å². The van der Waals surface area contributed by atoms with Gasteiger partial charge < -0.3 is 9.66 Å². The molecule has 0 amide bonds. The monoisotopic (exact) mass is 179 g/mol. The van der Waals surface area contributed by atoms with Gasteiger partial charge in [-0.2, -0.15) is 0 Å². The lowest BCUT2D eigenvalue weighted by Crippen LogP contribution is -2.31. The Morgan fingerprint density at radius 1 is 1.64 bits per heavy atom. The van der Waals surface area contributed by atoms with Crippen molar-refractivity contribution >= 4 is 15.9 Å². The van der Waals surface area contributed by atoms with E-state index in [0.29, 0.717) is 6.54 Å². The summed E-state index contributed by atoms with van der Waals surface area (Å²) < 4.78 is 21.7. The summed E-state index contributed by atoms with van der Waals surface area (Å²) in [6.07, 6.45) is 1.85. The first-order chi connectivity index (χ1) is 4.97. The Bertz CT molecular complexity index is 230. The third kappa shape index (κ3) is 2.78. The Morgan fingerprint density at radius 2 is 2.18 bits per heavy atom. The average Bonchev–Trinajstić information content (AvgIpc) is 2.63. The fourth-order valence-corrected chi connectivity index (χ4v) is 1.37. The average molecular weight is 179 g/mol. The molecule has 3 N–H and O–H groups in total. The summed E-state index contributed by atoms with van der Waals surface area (Å²) in [6.45, 7) is 0.456. The maximum Gasteiger partial charge on any atom is 0.138 e. The summed E-state index contributed by atoms with van der Waals surface area (Å²) >= 11 is 0. The van der Waals surface area contributed by atoms with Crippen LogP contribution in [0.15, 0.2) is 0 Å². The van der Waals surface area contributed by atoms with Gasteiger partial charge in [-0.15, -0.1) is 0 Å². The minimum Gasteiger partial charge on any atom is -0.396 e. The molecule has 0 aromatic rings. The molecule has 0 heterocycles. The molecule has 0 saturated heterocycles. The van der Waals surface area contributed by atoms with Crippen molar-refractivity contribution in [3.63, 3.8) is 0 Å². The van der Waals surface area contributed by atoms with Crippen LogP contribution in [-0.4, -0.2) is 32.9 Å². The van der Waals surface area contributed by atoms with Crippen molar-refractivity contribution < 1.29 is 13.9 Å². The first-order valence-electron chi connectivity index (χ1n) is 3.43. The van der Waals surface area contributed by atoms with Gasteiger partial charge in [0.25, 0.3) is 0 Å². The second kappa shape index (κ2) is 2.75. The van der Waals surface area contributed by atoms with Crippen molar-refractivity contribution in [2.24, 2.45) is 5.41 Å². The lowest BCUT2D eigenvalue weighted by molar-refractivity contribution is 0.213. The Labute approximate surface area is 66.6 Å². The van der Waals surface area contributed by atoms with E-state index in [9.17, 15) is 4.21 Å². The van der Waals surface area contributed by atoms with E-state index >= 15 is 0 Å². The molecule has 1 aliphatic carbocycles. The van der Waals surface area contributed by atoms with Gasteiger partial charge in [-0.05, 0) is 18.7 Å². The van der Waals surface area contributed by atoms with Crippen LogP contribution in [0.2, 0.25) is 0 Å². The van der Waals surface area contributed by atoms with Crippen molar-refractivity contribution in [1.29, 1.82) is 0 Å². The molecule has 0 aliphatic heterocycles. The third-order valence-corrected chi connectivity index (χ3v) is 2.56. The van der Waals surface area contributed by atoms with Gasteiger partial charge in [-0.25, -0.2) is 8.93 Å². The van der Waals surface area contributed by atoms with Gasteiger partial charge in [0, 0.05) is 18.6 Å². The molecule has 0 spiro atoms. The topological polar surface area (TPSA) is 69.6 Å². The van der Waals surface area contributed by atoms with Crippen LogP contribution in [0, 0.1) is 5.41 Å². The summed E-state index contributed by atoms with van der Waals surface area (Å²) in [6, 6.07) is 0. The number of nitrogens with one attached hydrogen (secondary N) is 1. The first kappa shape index (κ1) is 8.99. The molecular formula is C6H13NO3S. The predicted octanol–water partition coefficient (Wildman–Crippen LogP) is -0.547. The maximum atomic E-state index is 10.6. The first-order valence-corrected chi connectivity index (χ1v) is 5.11. The second-order valence-corrected chi connectivity index (χ2v) is 4.69. The molecule has 1 aliphatic rings. The highest BCUT2D eigenvalue weighted by Crippen LogP contribution is 2.44. The van der Waals surface area contributed by atoms with Crippen LogP contribution >= 0.6 is 0 Å². The molecular weight excluding hydrogens is 166 g/mol. The van der Waals surface area contributed by atoms with Crippen LogP contribution in [-0.2, 0) is 9.99 Å². The standard InChI is InChI=1S/C6H13NO3S/c1-11(9,10)7-4-6(5-8)2-3-6/h8H,1-5H2,(H2,7,9,10). The third-order valence-electron chi connectivity index (χ3n) is 1.97. The van der Waals surface area contributed by atoms with E-state index in [0.717, 1.165) is 12.8 Å². The summed E-state index contributed by atoms with van der Waals surface area (Å²) in [5.41, 5.74) is -0.136. The molecule has 11 heavy (non-hydrogen) atoms. The molecule has 0 aromatic carbocycles. The van der Waals surface area contributed by atoms with E-state index in [-0.39, 0.29) is 12.0 Å². The minimum absolute atomic E-state index is 0.0789. The molecule has 5 heteroatoms. The van der Waals surface area contributed by atoms with E-state index in [1.165, 1.54) is 0 Å². The Hall–Kier alpha value is -0.100. The van der Waals surface area contributed by atoms with E-state index in [4.69, 9.17) is 9.66 Å². The van der Waals surface area contributed by atoms with Gasteiger partial charge in [0.15, 0.2) is 0 Å². The highest BCUT2D eigenvalue weighted by Gasteiger charge is 2.41. The summed E-state index contributed by atoms with van der Waals surface area (Å²) in [5.74, 6) is 3.03. The number of aliphatic hydroxyl groups excluding tert-OH is 1. The molecule has 66 valence electrons. The van der Waals surface area contributed by atoms with Crippen LogP contribution in [0.25, 0.3) is 0 Å². The van der Waals surface area contributed by atoms with E-state index in [2.05, 4.69) is 10.6 Å². The SMILES string of the molecule is C=S(=O)(O)NCC1(CO)CC1. The van der Waals surface area contributed by atoms with Crippen LogP contribution in [0.3, 0.4) is 0 Å². The lowest BCUT2D eigenvalue weighted by atomic mass is 10.1. The Morgan fingerprint density at radius 3 is 2.45 bits per heavy atom. The zero-order valence-electron chi connectivity index (χ0n) is 6.25. The van der Waals surface area contributed by atoms with Gasteiger partial charge in [0.1, 0.15) is 9.99 Å². The van der Waals surface area contributed by atoms with Gasteiger partial charge in [-0.1, -0.05) is 0 Å². The van der Waals surface area contributed by atoms with Crippen molar-refractivity contribution in [2.45, 2.75) is 12.8 Å². The van der Waals surface area contributed by atoms with E-state index in [1.54, 1.807) is 0 Å². The molecule has 0 aromatic heterocycles. The smallest absolute Gasteiger partial charge is 0.138 e. The molecule has 0 bridgehead atoms. The highest BCUT2D eigenvalue weighted by molar-refractivity contribution is 7.93. The van der Waals surface area contributed by atoms with Crippen molar-refractivity contribution in [3.05, 3.63) is 0 Å². The fraction of sp³-hybridized carbons (Fsp3) is 0.833. The zero-order chi connectivity index (χ0) is 8.54. The van der Waals surface area contributed by atoms with Crippen LogP contribution in [0.5, 0.6) is 0 Å². The van der Waals surface area contributed by atoms with Crippen LogP contribution < -0.4 is 4.72 Å². The van der Waals surface area contributed by atoms with E-state index < -0.39 is 9.99 Å². The Kier molecular flexibility index (Phi) is 2.24. The van der Waals surface area contributed by atoms with Crippen LogP contribution in [0.1, 0.15) is 12.8 Å². The second-order valence-electron chi connectivity index (χ2n) is 3.12. The van der Waals surface area contributed by atoms with Crippen molar-refractivity contribution in [3.8, 4) is 0 Å². The maximum absolute atomic E-state index is 10.6. The van der Waals surface area contributed by atoms with Crippen molar-refractivity contribution in [2.75, 3.05) is 13.2 Å². The van der Waals surface area contributed by atoms with Crippen molar-refractivity contribution in [1.82, 2.24) is 4.72 Å². The summed E-state index contributed by atoms with van der Waals surface area (Å²) in [5, 5.41) is 8.82. The fourth-order valence-electron chi connectivity index (χ4n) is 0.833. The van der Waals surface area contributed by atoms with Gasteiger partial charge in [-0.3, -0.25) is 0 Å². The molecule has 1 saturated carbocycles. The Balaban J connectivity index is 2.33. The highest BCUT2D eigenvalue weighted by atomic mass is 32.2. The van der Waals surface area contributed by atoms with E-state index in [1.807, 2.05) is 0 Å². The predicted molar refractivity (Wildman–Crippen MR) is 44.6 cm³/mol. The summed E-state index contributed by atoms with van der Waals surface area (Å²) in [7, 11) is -3.09. The minimum atomic E-state index is -3.09. The number of aliphatic hydroxyl groups is 1. The molecule has 4 nitrogen and oxygen atoms in total. The van der Waals surface area contributed by atoms with Crippen LogP contribution in [0.4, 0.5) is 0 Å². The lowest BCUT2D eigenvalue weighted by Gasteiger charge is -2.11. The molecule has 1 unspecified atom stereocenters. The molecule has 1 atom stereocenters. The number of rotatable bonds is 4. The quantitative estimate of drug-likeness (QED) is 0.507. The number of hydrogen-bond donors (Lipinski definition) is 3. The molecule has 1 rings (SSSR count). The largest absolute Gasteiger partial charge is 0.396 e.